The van der Waals surface area contributed by atoms with Crippen LogP contribution in [0.4, 0.5) is 5.69 Å². The Labute approximate surface area is 157 Å². The van der Waals surface area contributed by atoms with Crippen LogP contribution in [-0.4, -0.2) is 31.9 Å². The van der Waals surface area contributed by atoms with Crippen LogP contribution in [0.15, 0.2) is 47.6 Å². The predicted molar refractivity (Wildman–Crippen MR) is 102 cm³/mol. The molecule has 0 aromatic heterocycles. The van der Waals surface area contributed by atoms with Crippen molar-refractivity contribution in [2.45, 2.75) is 13.8 Å². The Balaban J connectivity index is 1.88. The number of oxime groups is 1. The fourth-order valence-corrected chi connectivity index (χ4v) is 2.27. The van der Waals surface area contributed by atoms with Crippen molar-refractivity contribution in [1.82, 2.24) is 0 Å². The fourth-order valence-electron chi connectivity index (χ4n) is 2.09. The van der Waals surface area contributed by atoms with Gasteiger partial charge in [-0.2, -0.15) is 0 Å². The summed E-state index contributed by atoms with van der Waals surface area (Å²) in [5.74, 6) is 0.957. The van der Waals surface area contributed by atoms with Crippen molar-refractivity contribution in [2.75, 3.05) is 25.1 Å². The number of carbonyl (C=O) groups is 1. The summed E-state index contributed by atoms with van der Waals surface area (Å²) in [5, 5.41) is 6.92. The average Bonchev–Trinajstić information content (AvgIpc) is 2.63. The molecule has 2 aromatic carbocycles. The molecule has 0 aliphatic heterocycles. The number of amides is 1. The molecule has 1 amide bonds. The summed E-state index contributed by atoms with van der Waals surface area (Å²) in [6.07, 6.45) is 1.50. The highest BCUT2D eigenvalue weighted by Gasteiger charge is 2.06. The summed E-state index contributed by atoms with van der Waals surface area (Å²) in [6, 6.07) is 12.4. The van der Waals surface area contributed by atoms with E-state index in [4.69, 9.17) is 25.9 Å². The standard InChI is InChI=1S/C19H21ClN2O4/c1-3-24-17-10-9-14(11-18(17)25-4-2)12-21-26-13-19(23)22-16-8-6-5-7-15(16)20/h5-12H,3-4,13H2,1-2H3,(H,22,23)/b21-12+. The minimum atomic E-state index is -0.350. The molecule has 7 heteroatoms. The lowest BCUT2D eigenvalue weighted by molar-refractivity contribution is -0.120. The first-order valence-corrected chi connectivity index (χ1v) is 8.61. The Morgan fingerprint density at radius 3 is 2.58 bits per heavy atom. The molecule has 0 saturated heterocycles. The molecule has 6 nitrogen and oxygen atoms in total. The smallest absolute Gasteiger partial charge is 0.265 e. The van der Waals surface area contributed by atoms with Crippen molar-refractivity contribution in [3.63, 3.8) is 0 Å². The van der Waals surface area contributed by atoms with Crippen LogP contribution in [0.5, 0.6) is 11.5 Å². The van der Waals surface area contributed by atoms with E-state index in [1.54, 1.807) is 36.4 Å². The molecule has 0 unspecified atom stereocenters. The number of nitrogens with zero attached hydrogens (tertiary/aromatic N) is 1. The summed E-state index contributed by atoms with van der Waals surface area (Å²) in [5.41, 5.74) is 1.29. The zero-order valence-corrected chi connectivity index (χ0v) is 15.5. The Kier molecular flexibility index (Phi) is 7.76. The third kappa shape index (κ3) is 5.97. The van der Waals surface area contributed by atoms with E-state index in [1.807, 2.05) is 19.9 Å². The van der Waals surface area contributed by atoms with E-state index in [-0.39, 0.29) is 12.5 Å². The van der Waals surface area contributed by atoms with E-state index < -0.39 is 0 Å². The number of ether oxygens (including phenoxy) is 2. The van der Waals surface area contributed by atoms with Crippen LogP contribution in [0.3, 0.4) is 0 Å². The number of nitrogens with one attached hydrogen (secondary N) is 1. The largest absolute Gasteiger partial charge is 0.490 e. The molecule has 1 N–H and O–H groups in total. The maximum absolute atomic E-state index is 11.8. The van der Waals surface area contributed by atoms with Gasteiger partial charge in [-0.15, -0.1) is 0 Å². The highest BCUT2D eigenvalue weighted by molar-refractivity contribution is 6.33. The minimum absolute atomic E-state index is 0.225. The first kappa shape index (κ1) is 19.6. The molecule has 0 fully saturated rings. The van der Waals surface area contributed by atoms with E-state index in [1.165, 1.54) is 6.21 Å². The van der Waals surface area contributed by atoms with Crippen LogP contribution >= 0.6 is 11.6 Å². The molecule has 138 valence electrons. The highest BCUT2D eigenvalue weighted by Crippen LogP contribution is 2.28. The molecule has 0 aliphatic rings. The number of benzene rings is 2. The van der Waals surface area contributed by atoms with E-state index in [9.17, 15) is 4.79 Å². The molecule has 2 aromatic rings. The quantitative estimate of drug-likeness (QED) is 0.527. The number of halogens is 1. The van der Waals surface area contributed by atoms with Crippen LogP contribution in [-0.2, 0) is 9.63 Å². The molecule has 0 heterocycles. The fraction of sp³-hybridized carbons (Fsp3) is 0.263. The van der Waals surface area contributed by atoms with Crippen molar-refractivity contribution >= 4 is 29.4 Å². The van der Waals surface area contributed by atoms with Gasteiger partial charge in [0.15, 0.2) is 18.1 Å². The number of hydrogen-bond donors (Lipinski definition) is 1. The number of rotatable bonds is 9. The molecule has 0 spiro atoms. The van der Waals surface area contributed by atoms with Crippen LogP contribution in [0, 0.1) is 0 Å². The average molecular weight is 377 g/mol. The SMILES string of the molecule is CCOc1ccc(/C=N/OCC(=O)Nc2ccccc2Cl)cc1OCC. The summed E-state index contributed by atoms with van der Waals surface area (Å²) < 4.78 is 11.1. The second-order valence-electron chi connectivity index (χ2n) is 5.11. The first-order valence-electron chi connectivity index (χ1n) is 8.23. The highest BCUT2D eigenvalue weighted by atomic mass is 35.5. The van der Waals surface area contributed by atoms with Crippen LogP contribution in [0.25, 0.3) is 0 Å². The molecule has 0 radical (unpaired) electrons. The van der Waals surface area contributed by atoms with E-state index in [0.29, 0.717) is 35.4 Å². The molecular formula is C19H21ClN2O4. The zero-order chi connectivity index (χ0) is 18.8. The van der Waals surface area contributed by atoms with Gasteiger partial charge in [-0.25, -0.2) is 0 Å². The molecule has 0 aliphatic carbocycles. The third-order valence-corrected chi connectivity index (χ3v) is 3.52. The van der Waals surface area contributed by atoms with E-state index >= 15 is 0 Å². The Hall–Kier alpha value is -2.73. The number of para-hydroxylation sites is 1. The van der Waals surface area contributed by atoms with E-state index in [0.717, 1.165) is 5.56 Å². The Morgan fingerprint density at radius 2 is 1.85 bits per heavy atom. The maximum atomic E-state index is 11.8. The molecule has 0 atom stereocenters. The van der Waals surface area contributed by atoms with Crippen LogP contribution in [0.2, 0.25) is 5.02 Å². The van der Waals surface area contributed by atoms with Crippen molar-refractivity contribution in [1.29, 1.82) is 0 Å². The lowest BCUT2D eigenvalue weighted by Gasteiger charge is -2.11. The van der Waals surface area contributed by atoms with Gasteiger partial charge in [0.25, 0.3) is 5.91 Å². The van der Waals surface area contributed by atoms with Gasteiger partial charge < -0.3 is 19.6 Å². The molecule has 0 bridgehead atoms. The van der Waals surface area contributed by atoms with Crippen LogP contribution < -0.4 is 14.8 Å². The number of anilines is 1. The van der Waals surface area contributed by atoms with Crippen molar-refractivity contribution in [2.24, 2.45) is 5.16 Å². The number of carbonyl (C=O) groups excluding carboxylic acids is 1. The first-order chi connectivity index (χ1) is 12.6. The molecule has 0 saturated carbocycles. The predicted octanol–water partition coefficient (Wildman–Crippen LogP) is 4.13. The monoisotopic (exact) mass is 376 g/mol. The van der Waals surface area contributed by atoms with Gasteiger partial charge >= 0.3 is 0 Å². The molecule has 26 heavy (non-hydrogen) atoms. The summed E-state index contributed by atoms with van der Waals surface area (Å²) >= 11 is 5.98. The van der Waals surface area contributed by atoms with Gasteiger partial charge in [0.2, 0.25) is 0 Å². The third-order valence-electron chi connectivity index (χ3n) is 3.19. The number of hydrogen-bond acceptors (Lipinski definition) is 5. The summed E-state index contributed by atoms with van der Waals surface area (Å²) in [7, 11) is 0. The van der Waals surface area contributed by atoms with Gasteiger partial charge in [0.1, 0.15) is 0 Å². The Morgan fingerprint density at radius 1 is 1.12 bits per heavy atom. The van der Waals surface area contributed by atoms with Crippen molar-refractivity contribution < 1.29 is 19.1 Å². The summed E-state index contributed by atoms with van der Waals surface area (Å²) in [6.45, 7) is 4.66. The Bertz CT molecular complexity index is 765. The lowest BCUT2D eigenvalue weighted by atomic mass is 10.2. The second kappa shape index (κ2) is 10.3. The summed E-state index contributed by atoms with van der Waals surface area (Å²) in [4.78, 5) is 16.9. The minimum Gasteiger partial charge on any atom is -0.490 e. The molecule has 2 rings (SSSR count). The maximum Gasteiger partial charge on any atom is 0.265 e. The van der Waals surface area contributed by atoms with Gasteiger partial charge in [-0.3, -0.25) is 4.79 Å². The van der Waals surface area contributed by atoms with Crippen molar-refractivity contribution in [3.8, 4) is 11.5 Å². The second-order valence-corrected chi connectivity index (χ2v) is 5.52. The topological polar surface area (TPSA) is 69.2 Å². The van der Waals surface area contributed by atoms with Gasteiger partial charge in [-0.05, 0) is 44.2 Å². The lowest BCUT2D eigenvalue weighted by Crippen LogP contribution is -2.17. The van der Waals surface area contributed by atoms with E-state index in [2.05, 4.69) is 10.5 Å². The van der Waals surface area contributed by atoms with Gasteiger partial charge in [-0.1, -0.05) is 28.9 Å². The zero-order valence-electron chi connectivity index (χ0n) is 14.7. The van der Waals surface area contributed by atoms with Gasteiger partial charge in [0, 0.05) is 5.56 Å². The van der Waals surface area contributed by atoms with Crippen LogP contribution in [0.1, 0.15) is 19.4 Å². The van der Waals surface area contributed by atoms with Gasteiger partial charge in [0.05, 0.1) is 30.1 Å². The normalized spacial score (nSPS) is 10.6. The van der Waals surface area contributed by atoms with Crippen molar-refractivity contribution in [3.05, 3.63) is 53.1 Å². The molecular weight excluding hydrogens is 356 g/mol.